The zero-order chi connectivity index (χ0) is 21.2. The molecular formula is C22H38IN7O. The molecule has 9 heteroatoms. The topological polar surface area (TPSA) is 98.9 Å². The van der Waals surface area contributed by atoms with Gasteiger partial charge in [-0.25, -0.2) is 9.98 Å². The summed E-state index contributed by atoms with van der Waals surface area (Å²) in [5.41, 5.74) is 6.62. The van der Waals surface area contributed by atoms with E-state index in [2.05, 4.69) is 38.4 Å². The number of piperidine rings is 2. The van der Waals surface area contributed by atoms with Crippen LogP contribution in [0, 0.1) is 5.92 Å². The number of nitrogens with two attached hydrogens (primary N) is 1. The number of anilines is 1. The number of halogens is 1. The number of carbonyl (C=O) groups excluding carboxylic acids is 1. The van der Waals surface area contributed by atoms with Gasteiger partial charge in [-0.2, -0.15) is 0 Å². The number of primary amides is 1. The lowest BCUT2D eigenvalue weighted by Gasteiger charge is -2.33. The van der Waals surface area contributed by atoms with Crippen LogP contribution in [0.25, 0.3) is 0 Å². The zero-order valence-corrected chi connectivity index (χ0v) is 21.0. The number of hydrogen-bond acceptors (Lipinski definition) is 5. The Hall–Kier alpha value is -1.62. The maximum absolute atomic E-state index is 11.7. The summed E-state index contributed by atoms with van der Waals surface area (Å²) < 4.78 is 0. The van der Waals surface area contributed by atoms with Gasteiger partial charge in [0.15, 0.2) is 5.96 Å². The lowest BCUT2D eigenvalue weighted by atomic mass is 9.97. The SMILES string of the molecule is CCNC(=NCc1cccnc1N1CCCC(C(N)=O)C1)NCCN1CCCCC1.I. The van der Waals surface area contributed by atoms with E-state index in [0.717, 1.165) is 56.4 Å². The minimum Gasteiger partial charge on any atom is -0.369 e. The van der Waals surface area contributed by atoms with E-state index < -0.39 is 0 Å². The Morgan fingerprint density at radius 3 is 2.77 bits per heavy atom. The van der Waals surface area contributed by atoms with Gasteiger partial charge >= 0.3 is 0 Å². The Balaban J connectivity index is 0.00000341. The van der Waals surface area contributed by atoms with Crippen LogP contribution in [0.4, 0.5) is 5.82 Å². The predicted octanol–water partition coefficient (Wildman–Crippen LogP) is 1.94. The quantitative estimate of drug-likeness (QED) is 0.264. The second kappa shape index (κ2) is 13.7. The smallest absolute Gasteiger partial charge is 0.222 e. The van der Waals surface area contributed by atoms with Crippen molar-refractivity contribution in [1.29, 1.82) is 0 Å². The van der Waals surface area contributed by atoms with Crippen molar-refractivity contribution >= 4 is 41.7 Å². The molecule has 2 aliphatic rings. The fourth-order valence-electron chi connectivity index (χ4n) is 4.26. The number of aromatic nitrogens is 1. The first-order valence-corrected chi connectivity index (χ1v) is 11.4. The second-order valence-corrected chi connectivity index (χ2v) is 8.20. The molecule has 0 saturated carbocycles. The Morgan fingerprint density at radius 2 is 2.03 bits per heavy atom. The molecule has 0 spiro atoms. The molecule has 1 unspecified atom stereocenters. The van der Waals surface area contributed by atoms with Crippen LogP contribution in [0.5, 0.6) is 0 Å². The molecule has 0 aromatic carbocycles. The molecule has 0 bridgehead atoms. The number of aliphatic imine (C=N–C) groups is 1. The number of carbonyl (C=O) groups is 1. The Morgan fingerprint density at radius 1 is 1.23 bits per heavy atom. The van der Waals surface area contributed by atoms with E-state index in [1.54, 1.807) is 6.20 Å². The van der Waals surface area contributed by atoms with Crippen molar-refractivity contribution in [3.8, 4) is 0 Å². The molecule has 0 radical (unpaired) electrons. The summed E-state index contributed by atoms with van der Waals surface area (Å²) in [6.45, 7) is 9.32. The van der Waals surface area contributed by atoms with Crippen LogP contribution in [-0.4, -0.2) is 67.6 Å². The molecule has 4 N–H and O–H groups in total. The average molecular weight is 543 g/mol. The third kappa shape index (κ3) is 8.10. The number of hydrogen-bond donors (Lipinski definition) is 3. The molecule has 1 amide bonds. The summed E-state index contributed by atoms with van der Waals surface area (Å²) in [7, 11) is 0. The molecule has 31 heavy (non-hydrogen) atoms. The molecule has 2 saturated heterocycles. The first-order valence-electron chi connectivity index (χ1n) is 11.4. The predicted molar refractivity (Wildman–Crippen MR) is 137 cm³/mol. The maximum atomic E-state index is 11.7. The van der Waals surface area contributed by atoms with Gasteiger partial charge in [-0.1, -0.05) is 12.5 Å². The van der Waals surface area contributed by atoms with Crippen LogP contribution < -0.4 is 21.3 Å². The number of nitrogens with zero attached hydrogens (tertiary/aromatic N) is 4. The number of pyridine rings is 1. The van der Waals surface area contributed by atoms with Crippen molar-refractivity contribution in [3.05, 3.63) is 23.9 Å². The molecule has 1 aromatic heterocycles. The maximum Gasteiger partial charge on any atom is 0.222 e. The van der Waals surface area contributed by atoms with E-state index in [1.807, 2.05) is 6.07 Å². The third-order valence-electron chi connectivity index (χ3n) is 5.91. The number of guanidine groups is 1. The highest BCUT2D eigenvalue weighted by molar-refractivity contribution is 14.0. The van der Waals surface area contributed by atoms with E-state index in [1.165, 1.54) is 32.4 Å². The van der Waals surface area contributed by atoms with Crippen LogP contribution in [0.3, 0.4) is 0 Å². The number of nitrogens with one attached hydrogen (secondary N) is 2. The van der Waals surface area contributed by atoms with Gasteiger partial charge in [0.05, 0.1) is 12.5 Å². The van der Waals surface area contributed by atoms with Crippen LogP contribution in [0.1, 0.15) is 44.6 Å². The lowest BCUT2D eigenvalue weighted by Crippen LogP contribution is -2.43. The van der Waals surface area contributed by atoms with Gasteiger partial charge in [-0.3, -0.25) is 4.79 Å². The standard InChI is InChI=1S/C22H37N7O.HI/c1-2-24-22(26-11-15-28-12-4-3-5-13-28)27-16-18-8-6-10-25-21(18)29-14-7-9-19(17-29)20(23)30;/h6,8,10,19H,2-5,7,9,11-17H2,1H3,(H2,23,30)(H2,24,26,27);1H. The highest BCUT2D eigenvalue weighted by atomic mass is 127. The second-order valence-electron chi connectivity index (χ2n) is 8.20. The molecule has 2 fully saturated rings. The summed E-state index contributed by atoms with van der Waals surface area (Å²) in [5.74, 6) is 1.42. The molecule has 1 aromatic rings. The largest absolute Gasteiger partial charge is 0.369 e. The van der Waals surface area contributed by atoms with Gasteiger partial charge in [0.25, 0.3) is 0 Å². The minimum atomic E-state index is -0.220. The summed E-state index contributed by atoms with van der Waals surface area (Å²) in [4.78, 5) is 25.7. The summed E-state index contributed by atoms with van der Waals surface area (Å²) in [5, 5.41) is 6.80. The fraction of sp³-hybridized carbons (Fsp3) is 0.682. The van der Waals surface area contributed by atoms with E-state index >= 15 is 0 Å². The molecule has 0 aliphatic carbocycles. The van der Waals surface area contributed by atoms with Crippen LogP contribution in [0.2, 0.25) is 0 Å². The summed E-state index contributed by atoms with van der Waals surface area (Å²) in [6.07, 6.45) is 7.60. The Kier molecular flexibility index (Phi) is 11.3. The van der Waals surface area contributed by atoms with Crippen molar-refractivity contribution in [1.82, 2.24) is 20.5 Å². The highest BCUT2D eigenvalue weighted by Crippen LogP contribution is 2.24. The lowest BCUT2D eigenvalue weighted by molar-refractivity contribution is -0.122. The summed E-state index contributed by atoms with van der Waals surface area (Å²) in [6, 6.07) is 4.01. The minimum absolute atomic E-state index is 0. The van der Waals surface area contributed by atoms with Gasteiger partial charge < -0.3 is 26.2 Å². The molecule has 2 aliphatic heterocycles. The van der Waals surface area contributed by atoms with Gasteiger partial charge in [0, 0.05) is 44.5 Å². The number of amides is 1. The van der Waals surface area contributed by atoms with E-state index in [0.29, 0.717) is 13.1 Å². The van der Waals surface area contributed by atoms with Gasteiger partial charge in [0.2, 0.25) is 5.91 Å². The van der Waals surface area contributed by atoms with Crippen molar-refractivity contribution in [2.45, 2.75) is 45.6 Å². The fourth-order valence-corrected chi connectivity index (χ4v) is 4.26. The van der Waals surface area contributed by atoms with Crippen molar-refractivity contribution < 1.29 is 4.79 Å². The summed E-state index contributed by atoms with van der Waals surface area (Å²) >= 11 is 0. The van der Waals surface area contributed by atoms with E-state index in [-0.39, 0.29) is 35.8 Å². The van der Waals surface area contributed by atoms with Crippen LogP contribution in [-0.2, 0) is 11.3 Å². The van der Waals surface area contributed by atoms with Crippen LogP contribution in [0.15, 0.2) is 23.3 Å². The third-order valence-corrected chi connectivity index (χ3v) is 5.91. The average Bonchev–Trinajstić information content (AvgIpc) is 2.78. The van der Waals surface area contributed by atoms with E-state index in [9.17, 15) is 4.79 Å². The van der Waals surface area contributed by atoms with Crippen molar-refractivity contribution in [2.24, 2.45) is 16.6 Å². The molecule has 3 heterocycles. The Bertz CT molecular complexity index is 709. The van der Waals surface area contributed by atoms with Gasteiger partial charge in [-0.15, -0.1) is 24.0 Å². The van der Waals surface area contributed by atoms with Gasteiger partial charge in [0.1, 0.15) is 5.82 Å². The number of rotatable bonds is 8. The van der Waals surface area contributed by atoms with Crippen molar-refractivity contribution in [2.75, 3.05) is 50.7 Å². The molecule has 8 nitrogen and oxygen atoms in total. The first kappa shape index (κ1) is 25.6. The first-order chi connectivity index (χ1) is 14.7. The van der Waals surface area contributed by atoms with E-state index in [4.69, 9.17) is 10.7 Å². The van der Waals surface area contributed by atoms with Crippen molar-refractivity contribution in [3.63, 3.8) is 0 Å². The highest BCUT2D eigenvalue weighted by Gasteiger charge is 2.25. The van der Waals surface area contributed by atoms with Gasteiger partial charge in [-0.05, 0) is 51.8 Å². The molecule has 1 atom stereocenters. The molecule has 3 rings (SSSR count). The van der Waals surface area contributed by atoms with Crippen LogP contribution >= 0.6 is 24.0 Å². The zero-order valence-electron chi connectivity index (χ0n) is 18.7. The Labute approximate surface area is 203 Å². The number of likely N-dealkylation sites (tertiary alicyclic amines) is 1. The molecule has 174 valence electrons. The normalized spacial score (nSPS) is 20.1. The molecular weight excluding hydrogens is 505 g/mol. The monoisotopic (exact) mass is 543 g/mol.